The Morgan fingerprint density at radius 1 is 0.875 bits per heavy atom. The second kappa shape index (κ2) is 12.2. The van der Waals surface area contributed by atoms with E-state index in [2.05, 4.69) is 47.8 Å². The molecule has 0 spiro atoms. The van der Waals surface area contributed by atoms with Gasteiger partial charge in [-0.05, 0) is 47.8 Å². The summed E-state index contributed by atoms with van der Waals surface area (Å²) in [6.45, 7) is -2.07. The monoisotopic (exact) mass is 651 g/mol. The molecule has 0 saturated heterocycles. The van der Waals surface area contributed by atoms with Crippen LogP contribution in [0.15, 0.2) is 13.4 Å². The minimum Gasteiger partial charge on any atom is -0.481 e. The van der Waals surface area contributed by atoms with Gasteiger partial charge in [-0.1, -0.05) is 0 Å². The molecular formula is C17H20Br3NO11. The highest BCUT2D eigenvalue weighted by Crippen LogP contribution is 2.44. The average molecular weight is 654 g/mol. The van der Waals surface area contributed by atoms with E-state index < -0.39 is 73.1 Å². The lowest BCUT2D eigenvalue weighted by Gasteiger charge is -2.28. The molecule has 0 radical (unpaired) electrons. The van der Waals surface area contributed by atoms with Gasteiger partial charge >= 0.3 is 11.9 Å². The van der Waals surface area contributed by atoms with Crippen LogP contribution in [0.4, 0.5) is 0 Å². The summed E-state index contributed by atoms with van der Waals surface area (Å²) < 4.78 is 4.83. The zero-order chi connectivity index (χ0) is 24.9. The first kappa shape index (κ1) is 28.7. The molecule has 1 amide bonds. The maximum absolute atomic E-state index is 12.3. The van der Waals surface area contributed by atoms with Crippen molar-refractivity contribution in [3.05, 3.63) is 24.5 Å². The second-order valence-electron chi connectivity index (χ2n) is 6.49. The summed E-state index contributed by atoms with van der Waals surface area (Å²) in [6, 6.07) is 0. The molecule has 4 atom stereocenters. The van der Waals surface area contributed by atoms with Crippen molar-refractivity contribution in [2.75, 3.05) is 26.8 Å². The first-order valence-corrected chi connectivity index (χ1v) is 11.0. The van der Waals surface area contributed by atoms with Gasteiger partial charge in [0.05, 0.1) is 26.7 Å². The van der Waals surface area contributed by atoms with Crippen LogP contribution in [0.25, 0.3) is 0 Å². The predicted octanol–water partition coefficient (Wildman–Crippen LogP) is -0.356. The number of carboxylic acid groups (broad SMARTS) is 2. The number of hydrogen-bond donors (Lipinski definition) is 7. The van der Waals surface area contributed by atoms with Crippen LogP contribution in [-0.2, 0) is 4.79 Å². The van der Waals surface area contributed by atoms with Gasteiger partial charge in [0.1, 0.15) is 30.2 Å². The molecule has 32 heavy (non-hydrogen) atoms. The Kier molecular flexibility index (Phi) is 11.0. The van der Waals surface area contributed by atoms with E-state index in [1.165, 1.54) is 7.05 Å². The third-order valence-electron chi connectivity index (χ3n) is 4.26. The van der Waals surface area contributed by atoms with Crippen LogP contribution in [0.2, 0.25) is 0 Å². The van der Waals surface area contributed by atoms with Crippen LogP contribution in [-0.4, -0.2) is 110 Å². The summed E-state index contributed by atoms with van der Waals surface area (Å²) in [4.78, 5) is 36.3. The fraction of sp³-hybridized carbons (Fsp3) is 0.471. The largest absolute Gasteiger partial charge is 0.481 e. The van der Waals surface area contributed by atoms with Crippen molar-refractivity contribution in [3.63, 3.8) is 0 Å². The third-order valence-corrected chi connectivity index (χ3v) is 6.56. The molecule has 15 heteroatoms. The number of likely N-dealkylation sites (N-methyl/N-ethyl adjacent to an activating group) is 1. The van der Waals surface area contributed by atoms with Crippen LogP contribution in [0.5, 0.6) is 5.75 Å². The van der Waals surface area contributed by atoms with Crippen LogP contribution >= 0.6 is 47.8 Å². The van der Waals surface area contributed by atoms with Gasteiger partial charge in [-0.25, -0.2) is 9.59 Å². The molecule has 0 bridgehead atoms. The highest BCUT2D eigenvalue weighted by atomic mass is 79.9. The van der Waals surface area contributed by atoms with E-state index in [4.69, 9.17) is 9.84 Å². The van der Waals surface area contributed by atoms with E-state index in [1.54, 1.807) is 0 Å². The number of aliphatic hydroxyl groups is 5. The van der Waals surface area contributed by atoms with Crippen LogP contribution < -0.4 is 4.74 Å². The molecule has 0 heterocycles. The molecule has 0 aliphatic rings. The van der Waals surface area contributed by atoms with Gasteiger partial charge in [-0.3, -0.25) is 4.79 Å². The Bertz CT molecular complexity index is 841. The molecule has 1 aromatic carbocycles. The minimum absolute atomic E-state index is 0.138. The second-order valence-corrected chi connectivity index (χ2v) is 8.87. The molecule has 1 rings (SSSR count). The van der Waals surface area contributed by atoms with E-state index in [-0.39, 0.29) is 19.2 Å². The molecule has 0 fully saturated rings. The summed E-state index contributed by atoms with van der Waals surface area (Å²) in [7, 11) is 1.23. The van der Waals surface area contributed by atoms with E-state index in [0.29, 0.717) is 0 Å². The van der Waals surface area contributed by atoms with E-state index in [9.17, 15) is 45.0 Å². The highest BCUT2D eigenvalue weighted by Gasteiger charge is 2.32. The standard InChI is InChI=1S/C17H20Br3NO11/c1-21(2-5(23)13(26)14(27)6(24)3-22)7(25)4-32-15-11(19)8(16(28)29)10(18)9(12(15)20)17(30)31/h5-6,13-14,22-24,26-27H,2-4H2,1H3,(H,28,29)(H,30,31). The first-order chi connectivity index (χ1) is 14.8. The Hall–Kier alpha value is -1.33. The van der Waals surface area contributed by atoms with Crippen molar-refractivity contribution in [3.8, 4) is 5.75 Å². The number of benzene rings is 1. The Labute approximate surface area is 206 Å². The maximum Gasteiger partial charge on any atom is 0.338 e. The summed E-state index contributed by atoms with van der Waals surface area (Å²) in [5.74, 6) is -3.96. The number of aliphatic hydroxyl groups excluding tert-OH is 5. The van der Waals surface area contributed by atoms with Crippen molar-refractivity contribution in [2.24, 2.45) is 0 Å². The smallest absolute Gasteiger partial charge is 0.338 e. The average Bonchev–Trinajstić information content (AvgIpc) is 2.70. The molecular weight excluding hydrogens is 634 g/mol. The minimum atomic E-state index is -1.88. The van der Waals surface area contributed by atoms with Crippen LogP contribution in [0, 0.1) is 0 Å². The normalized spacial score (nSPS) is 14.9. The summed E-state index contributed by atoms with van der Waals surface area (Å²) in [5, 5.41) is 66.3. The Morgan fingerprint density at radius 2 is 1.31 bits per heavy atom. The van der Waals surface area contributed by atoms with Crippen LogP contribution in [0.1, 0.15) is 20.7 Å². The van der Waals surface area contributed by atoms with Crippen molar-refractivity contribution < 1.29 is 54.9 Å². The van der Waals surface area contributed by atoms with Crippen molar-refractivity contribution in [2.45, 2.75) is 24.4 Å². The molecule has 7 N–H and O–H groups in total. The SMILES string of the molecule is CN(CC(O)C(O)C(O)C(O)CO)C(=O)COc1c(Br)c(C(=O)O)c(Br)c(C(=O)O)c1Br. The van der Waals surface area contributed by atoms with Gasteiger partial charge in [-0.15, -0.1) is 0 Å². The Morgan fingerprint density at radius 3 is 1.72 bits per heavy atom. The number of carbonyl (C=O) groups excluding carboxylic acids is 1. The molecule has 0 aromatic heterocycles. The van der Waals surface area contributed by atoms with E-state index in [0.717, 1.165) is 4.90 Å². The van der Waals surface area contributed by atoms with Crippen molar-refractivity contribution >= 4 is 65.6 Å². The Balaban J connectivity index is 3.01. The summed E-state index contributed by atoms with van der Waals surface area (Å²) >= 11 is 8.97. The van der Waals surface area contributed by atoms with E-state index in [1.807, 2.05) is 0 Å². The third kappa shape index (κ3) is 6.60. The van der Waals surface area contributed by atoms with Gasteiger partial charge in [-0.2, -0.15) is 0 Å². The number of carbonyl (C=O) groups is 3. The zero-order valence-electron chi connectivity index (χ0n) is 16.3. The number of aromatic carboxylic acids is 2. The molecule has 180 valence electrons. The summed E-state index contributed by atoms with van der Waals surface area (Å²) in [5.41, 5.74) is -0.896. The van der Waals surface area contributed by atoms with Gasteiger partial charge in [0.25, 0.3) is 5.91 Å². The molecule has 1 aromatic rings. The molecule has 0 aliphatic heterocycles. The lowest BCUT2D eigenvalue weighted by Crippen LogP contribution is -2.50. The van der Waals surface area contributed by atoms with E-state index >= 15 is 0 Å². The molecule has 4 unspecified atom stereocenters. The number of nitrogens with zero attached hydrogens (tertiary/aromatic N) is 1. The molecule has 12 nitrogen and oxygen atoms in total. The summed E-state index contributed by atoms with van der Waals surface area (Å²) in [6.07, 6.45) is -7.14. The first-order valence-electron chi connectivity index (χ1n) is 8.63. The number of halogens is 3. The molecule has 0 saturated carbocycles. The number of rotatable bonds is 11. The van der Waals surface area contributed by atoms with Gasteiger partial charge in [0, 0.05) is 18.1 Å². The van der Waals surface area contributed by atoms with Crippen molar-refractivity contribution in [1.82, 2.24) is 4.90 Å². The predicted molar refractivity (Wildman–Crippen MR) is 118 cm³/mol. The maximum atomic E-state index is 12.3. The lowest BCUT2D eigenvalue weighted by molar-refractivity contribution is -0.139. The van der Waals surface area contributed by atoms with Crippen LogP contribution in [0.3, 0.4) is 0 Å². The number of carboxylic acids is 2. The lowest BCUT2D eigenvalue weighted by atomic mass is 10.0. The zero-order valence-corrected chi connectivity index (χ0v) is 21.0. The number of ether oxygens (including phenoxy) is 1. The van der Waals surface area contributed by atoms with Gasteiger partial charge in [0.15, 0.2) is 6.61 Å². The quantitative estimate of drug-likeness (QED) is 0.164. The fourth-order valence-electron chi connectivity index (χ4n) is 2.44. The topological polar surface area (TPSA) is 205 Å². The van der Waals surface area contributed by atoms with Gasteiger partial charge in [0.2, 0.25) is 0 Å². The highest BCUT2D eigenvalue weighted by molar-refractivity contribution is 9.11. The molecule has 0 aliphatic carbocycles. The van der Waals surface area contributed by atoms with Gasteiger partial charge < -0.3 is 45.4 Å². The van der Waals surface area contributed by atoms with Crippen molar-refractivity contribution in [1.29, 1.82) is 0 Å². The fourth-order valence-corrected chi connectivity index (χ4v) is 5.34. The number of hydrogen-bond acceptors (Lipinski definition) is 9. The number of amides is 1.